The van der Waals surface area contributed by atoms with Crippen LogP contribution < -0.4 is 0 Å². The Balaban J connectivity index is 2.56. The molecule has 86 valence electrons. The lowest BCUT2D eigenvalue weighted by atomic mass is 9.66. The quantitative estimate of drug-likeness (QED) is 0.527. The van der Waals surface area contributed by atoms with Crippen LogP contribution in [0.15, 0.2) is 12.2 Å². The summed E-state index contributed by atoms with van der Waals surface area (Å²) in [5.74, 6) is 0.489. The summed E-state index contributed by atoms with van der Waals surface area (Å²) in [6.07, 6.45) is 5.04. The SMILES string of the molecule is C=C1[C@H](C)CCC[C@@]1(C)CCC(=O)OC. The molecule has 0 aliphatic heterocycles. The molecular weight excluding hydrogens is 188 g/mol. The summed E-state index contributed by atoms with van der Waals surface area (Å²) in [7, 11) is 1.45. The number of carbonyl (C=O) groups excluding carboxylic acids is 1. The third-order valence-corrected chi connectivity index (χ3v) is 3.84. The number of hydrogen-bond donors (Lipinski definition) is 0. The number of carbonyl (C=O) groups is 1. The van der Waals surface area contributed by atoms with Crippen molar-refractivity contribution < 1.29 is 9.53 Å². The highest BCUT2D eigenvalue weighted by atomic mass is 16.5. The number of ether oxygens (including phenoxy) is 1. The van der Waals surface area contributed by atoms with Crippen LogP contribution in [0, 0.1) is 11.3 Å². The van der Waals surface area contributed by atoms with Gasteiger partial charge in [-0.15, -0.1) is 0 Å². The molecule has 0 aromatic carbocycles. The Morgan fingerprint density at radius 3 is 2.93 bits per heavy atom. The maximum atomic E-state index is 11.1. The molecule has 2 atom stereocenters. The highest BCUT2D eigenvalue weighted by Gasteiger charge is 2.34. The van der Waals surface area contributed by atoms with Gasteiger partial charge in [0.15, 0.2) is 0 Å². The highest BCUT2D eigenvalue weighted by Crippen LogP contribution is 2.45. The molecule has 0 bridgehead atoms. The fourth-order valence-electron chi connectivity index (χ4n) is 2.49. The van der Waals surface area contributed by atoms with E-state index in [2.05, 4.69) is 25.2 Å². The average Bonchev–Trinajstić information content (AvgIpc) is 2.23. The van der Waals surface area contributed by atoms with Gasteiger partial charge in [-0.25, -0.2) is 0 Å². The predicted molar refractivity (Wildman–Crippen MR) is 61.5 cm³/mol. The lowest BCUT2D eigenvalue weighted by molar-refractivity contribution is -0.141. The molecule has 0 heterocycles. The Morgan fingerprint density at radius 2 is 2.33 bits per heavy atom. The second-order valence-electron chi connectivity index (χ2n) is 4.96. The van der Waals surface area contributed by atoms with Gasteiger partial charge >= 0.3 is 5.97 Å². The molecular formula is C13H22O2. The van der Waals surface area contributed by atoms with Crippen molar-refractivity contribution in [3.05, 3.63) is 12.2 Å². The first-order valence-corrected chi connectivity index (χ1v) is 5.75. The number of esters is 1. The van der Waals surface area contributed by atoms with E-state index in [4.69, 9.17) is 0 Å². The minimum Gasteiger partial charge on any atom is -0.469 e. The smallest absolute Gasteiger partial charge is 0.305 e. The van der Waals surface area contributed by atoms with Gasteiger partial charge in [0.25, 0.3) is 0 Å². The van der Waals surface area contributed by atoms with E-state index >= 15 is 0 Å². The minimum absolute atomic E-state index is 0.109. The van der Waals surface area contributed by atoms with E-state index in [-0.39, 0.29) is 11.4 Å². The Morgan fingerprint density at radius 1 is 1.67 bits per heavy atom. The van der Waals surface area contributed by atoms with Crippen molar-refractivity contribution >= 4 is 5.97 Å². The van der Waals surface area contributed by atoms with E-state index in [1.54, 1.807) is 0 Å². The van der Waals surface area contributed by atoms with Crippen molar-refractivity contribution in [3.63, 3.8) is 0 Å². The zero-order chi connectivity index (χ0) is 11.5. The Bertz CT molecular complexity index is 257. The Kier molecular flexibility index (Phi) is 3.95. The fraction of sp³-hybridized carbons (Fsp3) is 0.769. The largest absolute Gasteiger partial charge is 0.469 e. The van der Waals surface area contributed by atoms with Gasteiger partial charge in [0.1, 0.15) is 0 Å². The molecule has 1 aliphatic rings. The van der Waals surface area contributed by atoms with Crippen LogP contribution in [-0.2, 0) is 9.53 Å². The van der Waals surface area contributed by atoms with Gasteiger partial charge in [-0.1, -0.05) is 32.4 Å². The Hall–Kier alpha value is -0.790. The van der Waals surface area contributed by atoms with Gasteiger partial charge in [0.05, 0.1) is 7.11 Å². The van der Waals surface area contributed by atoms with Crippen molar-refractivity contribution in [2.75, 3.05) is 7.11 Å². The summed E-state index contributed by atoms with van der Waals surface area (Å²) < 4.78 is 4.68. The molecule has 0 unspecified atom stereocenters. The van der Waals surface area contributed by atoms with Crippen LogP contribution in [0.4, 0.5) is 0 Å². The van der Waals surface area contributed by atoms with Gasteiger partial charge in [0.2, 0.25) is 0 Å². The molecule has 1 rings (SSSR count). The highest BCUT2D eigenvalue weighted by molar-refractivity contribution is 5.69. The maximum Gasteiger partial charge on any atom is 0.305 e. The van der Waals surface area contributed by atoms with Crippen molar-refractivity contribution in [1.29, 1.82) is 0 Å². The minimum atomic E-state index is -0.109. The van der Waals surface area contributed by atoms with E-state index in [1.165, 1.54) is 25.5 Å². The van der Waals surface area contributed by atoms with Crippen LogP contribution in [0.3, 0.4) is 0 Å². The monoisotopic (exact) mass is 210 g/mol. The molecule has 0 saturated heterocycles. The van der Waals surface area contributed by atoms with Crippen LogP contribution in [0.25, 0.3) is 0 Å². The second kappa shape index (κ2) is 4.82. The van der Waals surface area contributed by atoms with Crippen molar-refractivity contribution in [2.24, 2.45) is 11.3 Å². The summed E-state index contributed by atoms with van der Waals surface area (Å²) in [4.78, 5) is 11.1. The third kappa shape index (κ3) is 2.83. The fourth-order valence-corrected chi connectivity index (χ4v) is 2.49. The Labute approximate surface area is 92.7 Å². The van der Waals surface area contributed by atoms with Gasteiger partial charge < -0.3 is 4.74 Å². The second-order valence-corrected chi connectivity index (χ2v) is 4.96. The molecule has 1 fully saturated rings. The number of methoxy groups -OCH3 is 1. The van der Waals surface area contributed by atoms with Crippen molar-refractivity contribution in [1.82, 2.24) is 0 Å². The van der Waals surface area contributed by atoms with E-state index in [0.717, 1.165) is 12.8 Å². The molecule has 15 heavy (non-hydrogen) atoms. The van der Waals surface area contributed by atoms with E-state index in [1.807, 2.05) is 0 Å². The molecule has 2 nitrogen and oxygen atoms in total. The summed E-state index contributed by atoms with van der Waals surface area (Å²) in [6.45, 7) is 8.66. The first-order valence-electron chi connectivity index (χ1n) is 5.75. The molecule has 0 spiro atoms. The molecule has 1 saturated carbocycles. The average molecular weight is 210 g/mol. The standard InChI is InChI=1S/C13H22O2/c1-10-6-5-8-13(3,11(10)2)9-7-12(14)15-4/h10H,2,5-9H2,1,3-4H3/t10-,13+/m1/s1. The van der Waals surface area contributed by atoms with E-state index in [0.29, 0.717) is 12.3 Å². The zero-order valence-electron chi connectivity index (χ0n) is 10.1. The van der Waals surface area contributed by atoms with Crippen LogP contribution in [-0.4, -0.2) is 13.1 Å². The van der Waals surface area contributed by atoms with Crippen molar-refractivity contribution in [3.8, 4) is 0 Å². The van der Waals surface area contributed by atoms with Crippen LogP contribution in [0.2, 0.25) is 0 Å². The predicted octanol–water partition coefficient (Wildman–Crippen LogP) is 3.32. The number of hydrogen-bond acceptors (Lipinski definition) is 2. The summed E-state index contributed by atoms with van der Waals surface area (Å²) in [6, 6.07) is 0. The van der Waals surface area contributed by atoms with E-state index < -0.39 is 0 Å². The van der Waals surface area contributed by atoms with Gasteiger partial charge in [-0.3, -0.25) is 4.79 Å². The maximum absolute atomic E-state index is 11.1. The molecule has 0 aromatic rings. The first kappa shape index (κ1) is 12.3. The summed E-state index contributed by atoms with van der Waals surface area (Å²) in [5, 5.41) is 0. The van der Waals surface area contributed by atoms with Crippen LogP contribution in [0.1, 0.15) is 46.0 Å². The normalized spacial score (nSPS) is 31.4. The molecule has 0 aromatic heterocycles. The first-order chi connectivity index (χ1) is 6.99. The molecule has 0 amide bonds. The van der Waals surface area contributed by atoms with Gasteiger partial charge in [0, 0.05) is 6.42 Å². The molecule has 0 radical (unpaired) electrons. The van der Waals surface area contributed by atoms with Crippen molar-refractivity contribution in [2.45, 2.75) is 46.0 Å². The molecule has 0 N–H and O–H groups in total. The van der Waals surface area contributed by atoms with Gasteiger partial charge in [-0.05, 0) is 30.6 Å². The van der Waals surface area contributed by atoms with E-state index in [9.17, 15) is 4.79 Å². The van der Waals surface area contributed by atoms with Gasteiger partial charge in [-0.2, -0.15) is 0 Å². The number of allylic oxidation sites excluding steroid dienone is 1. The summed E-state index contributed by atoms with van der Waals surface area (Å²) >= 11 is 0. The lowest BCUT2D eigenvalue weighted by Crippen LogP contribution is -2.28. The molecule has 1 aliphatic carbocycles. The van der Waals surface area contributed by atoms with Crippen LogP contribution >= 0.6 is 0 Å². The van der Waals surface area contributed by atoms with Crippen LogP contribution in [0.5, 0.6) is 0 Å². The lowest BCUT2D eigenvalue weighted by Gasteiger charge is -2.39. The third-order valence-electron chi connectivity index (χ3n) is 3.84. The zero-order valence-corrected chi connectivity index (χ0v) is 10.1. The topological polar surface area (TPSA) is 26.3 Å². The number of rotatable bonds is 3. The molecule has 2 heteroatoms. The summed E-state index contributed by atoms with van der Waals surface area (Å²) in [5.41, 5.74) is 1.46.